The van der Waals surface area contributed by atoms with Crippen LogP contribution in [-0.4, -0.2) is 15.1 Å². The minimum Gasteiger partial charge on any atom is -0.506 e. The molecule has 3 rings (SSSR count). The highest BCUT2D eigenvalue weighted by Gasteiger charge is 2.06. The smallest absolute Gasteiger partial charge is 0.142 e. The summed E-state index contributed by atoms with van der Waals surface area (Å²) in [4.78, 5) is 7.93. The van der Waals surface area contributed by atoms with Crippen LogP contribution in [0.3, 0.4) is 0 Å². The third-order valence-corrected chi connectivity index (χ3v) is 2.76. The van der Waals surface area contributed by atoms with Crippen molar-refractivity contribution in [2.24, 2.45) is 0 Å². The lowest BCUT2D eigenvalue weighted by Gasteiger charge is -2.05. The summed E-state index contributed by atoms with van der Waals surface area (Å²) in [6.07, 6.45) is 3.02. The number of aromatic nitrogens is 2. The van der Waals surface area contributed by atoms with Crippen molar-refractivity contribution in [3.05, 3.63) is 54.7 Å². The second-order valence-corrected chi connectivity index (χ2v) is 3.96. The van der Waals surface area contributed by atoms with Gasteiger partial charge >= 0.3 is 0 Å². The van der Waals surface area contributed by atoms with Crippen molar-refractivity contribution in [2.45, 2.75) is 0 Å². The first-order valence-corrected chi connectivity index (χ1v) is 5.43. The van der Waals surface area contributed by atoms with Crippen LogP contribution >= 0.6 is 0 Å². The highest BCUT2D eigenvalue weighted by Crippen LogP contribution is 2.29. The maximum absolute atomic E-state index is 12.9. The van der Waals surface area contributed by atoms with Crippen LogP contribution in [0.4, 0.5) is 4.39 Å². The molecular weight excluding hydrogens is 231 g/mol. The van der Waals surface area contributed by atoms with Crippen LogP contribution in [-0.2, 0) is 0 Å². The van der Waals surface area contributed by atoms with E-state index < -0.39 is 0 Å². The minimum absolute atomic E-state index is 0.0919. The molecule has 0 fully saturated rings. The first kappa shape index (κ1) is 10.7. The highest BCUT2D eigenvalue weighted by atomic mass is 19.1. The van der Waals surface area contributed by atoms with E-state index in [1.165, 1.54) is 18.5 Å². The van der Waals surface area contributed by atoms with Gasteiger partial charge in [0, 0.05) is 11.6 Å². The van der Waals surface area contributed by atoms with E-state index in [2.05, 4.69) is 9.97 Å². The van der Waals surface area contributed by atoms with Crippen molar-refractivity contribution in [3.8, 4) is 16.9 Å². The van der Waals surface area contributed by atoms with Crippen LogP contribution in [0.15, 0.2) is 48.9 Å². The van der Waals surface area contributed by atoms with E-state index in [9.17, 15) is 9.50 Å². The van der Waals surface area contributed by atoms with Gasteiger partial charge in [0.05, 0.1) is 0 Å². The summed E-state index contributed by atoms with van der Waals surface area (Å²) >= 11 is 0. The number of hydrogen-bond acceptors (Lipinski definition) is 3. The Hall–Kier alpha value is -2.49. The first-order valence-electron chi connectivity index (χ1n) is 5.43. The number of phenols is 1. The average Bonchev–Trinajstić information content (AvgIpc) is 2.39. The van der Waals surface area contributed by atoms with Gasteiger partial charge in [0.25, 0.3) is 0 Å². The van der Waals surface area contributed by atoms with Gasteiger partial charge in [-0.2, -0.15) is 0 Å². The number of benzene rings is 2. The second kappa shape index (κ2) is 4.07. The second-order valence-electron chi connectivity index (χ2n) is 3.96. The van der Waals surface area contributed by atoms with Crippen LogP contribution in [0.5, 0.6) is 5.75 Å². The van der Waals surface area contributed by atoms with Gasteiger partial charge in [-0.25, -0.2) is 14.4 Å². The Balaban J connectivity index is 2.21. The van der Waals surface area contributed by atoms with E-state index in [1.807, 2.05) is 6.07 Å². The molecule has 1 heterocycles. The van der Waals surface area contributed by atoms with Crippen LogP contribution in [0.25, 0.3) is 22.0 Å². The monoisotopic (exact) mass is 240 g/mol. The van der Waals surface area contributed by atoms with E-state index in [4.69, 9.17) is 0 Å². The van der Waals surface area contributed by atoms with E-state index in [1.54, 1.807) is 24.4 Å². The van der Waals surface area contributed by atoms with Gasteiger partial charge in [-0.05, 0) is 35.4 Å². The maximum Gasteiger partial charge on any atom is 0.142 e. The molecule has 0 bridgehead atoms. The molecule has 0 aliphatic heterocycles. The van der Waals surface area contributed by atoms with Crippen molar-refractivity contribution in [2.75, 3.05) is 0 Å². The fourth-order valence-electron chi connectivity index (χ4n) is 1.89. The van der Waals surface area contributed by atoms with Gasteiger partial charge in [-0.1, -0.05) is 12.1 Å². The van der Waals surface area contributed by atoms with Crippen LogP contribution < -0.4 is 0 Å². The standard InChI is InChI=1S/C14H9FN2O/c15-12-3-1-9(2-4-12)10-5-11-7-16-8-17-14(11)13(18)6-10/h1-8,18H. The van der Waals surface area contributed by atoms with Crippen LogP contribution in [0.1, 0.15) is 0 Å². The fourth-order valence-corrected chi connectivity index (χ4v) is 1.89. The summed E-state index contributed by atoms with van der Waals surface area (Å²) < 4.78 is 12.9. The summed E-state index contributed by atoms with van der Waals surface area (Å²) in [6.45, 7) is 0. The molecule has 0 aliphatic rings. The zero-order valence-corrected chi connectivity index (χ0v) is 9.34. The number of phenolic OH excluding ortho intramolecular Hbond substituents is 1. The molecule has 1 N–H and O–H groups in total. The van der Waals surface area contributed by atoms with Gasteiger partial charge < -0.3 is 5.11 Å². The lowest BCUT2D eigenvalue weighted by molar-refractivity contribution is 0.480. The number of halogens is 1. The molecule has 3 aromatic rings. The predicted molar refractivity (Wildman–Crippen MR) is 66.6 cm³/mol. The van der Waals surface area contributed by atoms with E-state index in [0.29, 0.717) is 5.52 Å². The van der Waals surface area contributed by atoms with Gasteiger partial charge in [-0.3, -0.25) is 0 Å². The Morgan fingerprint density at radius 1 is 1.00 bits per heavy atom. The maximum atomic E-state index is 12.9. The lowest BCUT2D eigenvalue weighted by Crippen LogP contribution is -1.85. The third-order valence-electron chi connectivity index (χ3n) is 2.76. The number of hydrogen-bond donors (Lipinski definition) is 1. The number of nitrogens with zero attached hydrogens (tertiary/aromatic N) is 2. The van der Waals surface area contributed by atoms with Crippen LogP contribution in [0, 0.1) is 5.82 Å². The SMILES string of the molecule is Oc1cc(-c2ccc(F)cc2)cc2cncnc12. The Morgan fingerprint density at radius 3 is 2.56 bits per heavy atom. The summed E-state index contributed by atoms with van der Waals surface area (Å²) in [5.74, 6) is -0.193. The summed E-state index contributed by atoms with van der Waals surface area (Å²) in [5.41, 5.74) is 2.14. The number of aromatic hydroxyl groups is 1. The quantitative estimate of drug-likeness (QED) is 0.710. The Labute approximate surface area is 103 Å². The van der Waals surface area contributed by atoms with Crippen molar-refractivity contribution in [1.29, 1.82) is 0 Å². The topological polar surface area (TPSA) is 46.0 Å². The van der Waals surface area contributed by atoms with Crippen molar-refractivity contribution in [3.63, 3.8) is 0 Å². The van der Waals surface area contributed by atoms with E-state index in [0.717, 1.165) is 16.5 Å². The molecule has 0 atom stereocenters. The molecule has 0 saturated carbocycles. The highest BCUT2D eigenvalue weighted by molar-refractivity contribution is 5.88. The van der Waals surface area contributed by atoms with Crippen molar-refractivity contribution < 1.29 is 9.50 Å². The number of rotatable bonds is 1. The van der Waals surface area contributed by atoms with Crippen molar-refractivity contribution in [1.82, 2.24) is 9.97 Å². The fraction of sp³-hybridized carbons (Fsp3) is 0. The normalized spacial score (nSPS) is 10.7. The molecule has 0 amide bonds. The molecule has 18 heavy (non-hydrogen) atoms. The largest absolute Gasteiger partial charge is 0.506 e. The molecule has 0 spiro atoms. The Morgan fingerprint density at radius 2 is 1.78 bits per heavy atom. The van der Waals surface area contributed by atoms with Gasteiger partial charge in [0.1, 0.15) is 23.4 Å². The molecule has 3 nitrogen and oxygen atoms in total. The molecule has 1 aromatic heterocycles. The first-order chi connectivity index (χ1) is 8.74. The lowest BCUT2D eigenvalue weighted by atomic mass is 10.0. The molecule has 0 aliphatic carbocycles. The summed E-state index contributed by atoms with van der Waals surface area (Å²) in [7, 11) is 0. The zero-order valence-electron chi connectivity index (χ0n) is 9.34. The molecule has 4 heteroatoms. The van der Waals surface area contributed by atoms with E-state index >= 15 is 0 Å². The van der Waals surface area contributed by atoms with Crippen molar-refractivity contribution >= 4 is 10.9 Å². The molecule has 0 radical (unpaired) electrons. The Kier molecular flexibility index (Phi) is 2.41. The summed E-state index contributed by atoms with van der Waals surface area (Å²) in [5, 5.41) is 10.7. The Bertz CT molecular complexity index is 711. The predicted octanol–water partition coefficient (Wildman–Crippen LogP) is 3.14. The molecule has 0 unspecified atom stereocenters. The zero-order chi connectivity index (χ0) is 12.5. The third kappa shape index (κ3) is 1.78. The molecule has 2 aromatic carbocycles. The average molecular weight is 240 g/mol. The van der Waals surface area contributed by atoms with Gasteiger partial charge in [0.2, 0.25) is 0 Å². The van der Waals surface area contributed by atoms with Gasteiger partial charge in [-0.15, -0.1) is 0 Å². The molecular formula is C14H9FN2O. The molecule has 0 saturated heterocycles. The van der Waals surface area contributed by atoms with Gasteiger partial charge in [0.15, 0.2) is 0 Å². The van der Waals surface area contributed by atoms with Crippen LogP contribution in [0.2, 0.25) is 0 Å². The minimum atomic E-state index is -0.285. The molecule has 88 valence electrons. The summed E-state index contributed by atoms with van der Waals surface area (Å²) in [6, 6.07) is 9.58. The van der Waals surface area contributed by atoms with E-state index in [-0.39, 0.29) is 11.6 Å². The number of fused-ring (bicyclic) bond motifs is 1.